The van der Waals surface area contributed by atoms with Crippen LogP contribution in [-0.4, -0.2) is 56.1 Å². The smallest absolute Gasteiger partial charge is 0.242 e. The molecule has 1 amide bonds. The van der Waals surface area contributed by atoms with Crippen LogP contribution in [0.2, 0.25) is 0 Å². The number of ether oxygens (including phenoxy) is 1. The van der Waals surface area contributed by atoms with Crippen LogP contribution in [0.4, 0.5) is 11.5 Å². The molecule has 3 atom stereocenters. The van der Waals surface area contributed by atoms with Gasteiger partial charge in [0.05, 0.1) is 24.1 Å². The highest BCUT2D eigenvalue weighted by molar-refractivity contribution is 7.92. The summed E-state index contributed by atoms with van der Waals surface area (Å²) >= 11 is 0. The second kappa shape index (κ2) is 6.84. The Labute approximate surface area is 137 Å². The second-order valence-electron chi connectivity index (χ2n) is 6.03. The van der Waals surface area contributed by atoms with Crippen molar-refractivity contribution in [1.82, 2.24) is 4.98 Å². The summed E-state index contributed by atoms with van der Waals surface area (Å²) in [6.07, 6.45) is 2.85. The van der Waals surface area contributed by atoms with Gasteiger partial charge in [0.25, 0.3) is 0 Å². The monoisotopic (exact) mass is 341 g/mol. The number of morpholine rings is 1. The van der Waals surface area contributed by atoms with Gasteiger partial charge in [0, 0.05) is 19.3 Å². The quantitative estimate of drug-likeness (QED) is 0.881. The molecule has 2 rings (SSSR count). The average molecular weight is 341 g/mol. The van der Waals surface area contributed by atoms with Crippen molar-refractivity contribution in [3.8, 4) is 0 Å². The molecule has 128 valence electrons. The van der Waals surface area contributed by atoms with Gasteiger partial charge in [0.15, 0.2) is 9.84 Å². The highest BCUT2D eigenvalue weighted by Gasteiger charge is 2.25. The molecule has 0 spiro atoms. The molecule has 8 heteroatoms. The minimum Gasteiger partial charge on any atom is -0.372 e. The molecule has 0 aliphatic carbocycles. The first-order valence-corrected chi connectivity index (χ1v) is 9.48. The molecular weight excluding hydrogens is 318 g/mol. The SMILES string of the molecule is C[C@@H]1CN(c2ccc(NC(=O)[C@@H](C)S(C)(=O)=O)cn2)C[C@@H](C)O1. The number of nitrogens with zero attached hydrogens (tertiary/aromatic N) is 2. The summed E-state index contributed by atoms with van der Waals surface area (Å²) in [5.74, 6) is 0.247. The summed E-state index contributed by atoms with van der Waals surface area (Å²) in [4.78, 5) is 18.4. The summed E-state index contributed by atoms with van der Waals surface area (Å²) in [7, 11) is -3.41. The molecule has 23 heavy (non-hydrogen) atoms. The largest absolute Gasteiger partial charge is 0.372 e. The van der Waals surface area contributed by atoms with Gasteiger partial charge in [-0.2, -0.15) is 0 Å². The maximum atomic E-state index is 11.9. The zero-order valence-corrected chi connectivity index (χ0v) is 14.6. The van der Waals surface area contributed by atoms with Crippen molar-refractivity contribution >= 4 is 27.2 Å². The van der Waals surface area contributed by atoms with Gasteiger partial charge >= 0.3 is 0 Å². The summed E-state index contributed by atoms with van der Waals surface area (Å²) < 4.78 is 28.5. The van der Waals surface area contributed by atoms with E-state index in [-0.39, 0.29) is 12.2 Å². The highest BCUT2D eigenvalue weighted by atomic mass is 32.2. The number of sulfone groups is 1. The lowest BCUT2D eigenvalue weighted by atomic mass is 10.2. The lowest BCUT2D eigenvalue weighted by Gasteiger charge is -2.36. The maximum absolute atomic E-state index is 11.9. The number of nitrogens with one attached hydrogen (secondary N) is 1. The fourth-order valence-electron chi connectivity index (χ4n) is 2.45. The topological polar surface area (TPSA) is 88.6 Å². The van der Waals surface area contributed by atoms with E-state index in [0.717, 1.165) is 25.2 Å². The van der Waals surface area contributed by atoms with Crippen LogP contribution in [0, 0.1) is 0 Å². The van der Waals surface area contributed by atoms with Crippen molar-refractivity contribution in [3.05, 3.63) is 18.3 Å². The van der Waals surface area contributed by atoms with Gasteiger partial charge in [-0.25, -0.2) is 13.4 Å². The molecule has 0 aromatic carbocycles. The van der Waals surface area contributed by atoms with Crippen LogP contribution in [0.15, 0.2) is 18.3 Å². The van der Waals surface area contributed by atoms with Gasteiger partial charge in [-0.3, -0.25) is 4.79 Å². The van der Waals surface area contributed by atoms with E-state index in [4.69, 9.17) is 4.74 Å². The van der Waals surface area contributed by atoms with E-state index >= 15 is 0 Å². The molecule has 1 aliphatic rings. The predicted molar refractivity (Wildman–Crippen MR) is 89.4 cm³/mol. The first kappa shape index (κ1) is 17.7. The van der Waals surface area contributed by atoms with Crippen LogP contribution in [0.25, 0.3) is 0 Å². The number of anilines is 2. The first-order chi connectivity index (χ1) is 10.7. The Hall–Kier alpha value is -1.67. The van der Waals surface area contributed by atoms with E-state index in [1.165, 1.54) is 13.1 Å². The third kappa shape index (κ3) is 4.65. The molecule has 0 radical (unpaired) electrons. The summed E-state index contributed by atoms with van der Waals surface area (Å²) in [6, 6.07) is 3.53. The van der Waals surface area contributed by atoms with Crippen molar-refractivity contribution in [3.63, 3.8) is 0 Å². The van der Waals surface area contributed by atoms with Crippen molar-refractivity contribution in [2.45, 2.75) is 38.2 Å². The molecule has 1 fully saturated rings. The summed E-state index contributed by atoms with van der Waals surface area (Å²) in [6.45, 7) is 6.92. The Kier molecular flexibility index (Phi) is 5.26. The van der Waals surface area contributed by atoms with Gasteiger partial charge in [-0.1, -0.05) is 0 Å². The van der Waals surface area contributed by atoms with Gasteiger partial charge in [0.2, 0.25) is 5.91 Å². The Morgan fingerprint density at radius 1 is 1.35 bits per heavy atom. The third-order valence-electron chi connectivity index (χ3n) is 3.77. The molecule has 1 aromatic rings. The lowest BCUT2D eigenvalue weighted by Crippen LogP contribution is -2.45. The normalized spacial score (nSPS) is 23.4. The van der Waals surface area contributed by atoms with E-state index in [0.29, 0.717) is 5.69 Å². The molecule has 0 saturated carbocycles. The van der Waals surface area contributed by atoms with Crippen LogP contribution >= 0.6 is 0 Å². The second-order valence-corrected chi connectivity index (χ2v) is 8.39. The number of rotatable bonds is 4. The van der Waals surface area contributed by atoms with E-state index in [2.05, 4.69) is 15.2 Å². The zero-order chi connectivity index (χ0) is 17.2. The number of carbonyl (C=O) groups is 1. The van der Waals surface area contributed by atoms with Gasteiger partial charge in [-0.15, -0.1) is 0 Å². The Morgan fingerprint density at radius 3 is 2.43 bits per heavy atom. The lowest BCUT2D eigenvalue weighted by molar-refractivity contribution is -0.115. The van der Waals surface area contributed by atoms with Gasteiger partial charge in [0.1, 0.15) is 11.1 Å². The minimum absolute atomic E-state index is 0.135. The van der Waals surface area contributed by atoms with Crippen LogP contribution in [0.1, 0.15) is 20.8 Å². The van der Waals surface area contributed by atoms with Crippen molar-refractivity contribution in [1.29, 1.82) is 0 Å². The van der Waals surface area contributed by atoms with Crippen molar-refractivity contribution in [2.75, 3.05) is 29.6 Å². The number of hydrogen-bond donors (Lipinski definition) is 1. The van der Waals surface area contributed by atoms with Crippen molar-refractivity contribution < 1.29 is 17.9 Å². The van der Waals surface area contributed by atoms with Gasteiger partial charge in [-0.05, 0) is 32.9 Å². The number of pyridine rings is 1. The Balaban J connectivity index is 2.04. The third-order valence-corrected chi connectivity index (χ3v) is 5.27. The molecule has 1 aliphatic heterocycles. The van der Waals surface area contributed by atoms with Gasteiger partial charge < -0.3 is 15.0 Å². The standard InChI is InChI=1S/C15H23N3O4S/c1-10-8-18(9-11(2)22-10)14-6-5-13(7-16-14)17-15(19)12(3)23(4,20)21/h5-7,10-12H,8-9H2,1-4H3,(H,17,19)/t10-,11-,12-/m1/s1. The highest BCUT2D eigenvalue weighted by Crippen LogP contribution is 2.19. The predicted octanol–water partition coefficient (Wildman–Crippen LogP) is 1.07. The molecule has 7 nitrogen and oxygen atoms in total. The van der Waals surface area contributed by atoms with E-state index in [1.54, 1.807) is 6.07 Å². The molecule has 1 N–H and O–H groups in total. The van der Waals surface area contributed by atoms with Crippen LogP contribution in [-0.2, 0) is 19.4 Å². The fourth-order valence-corrected chi connectivity index (χ4v) is 2.90. The number of hydrogen-bond acceptors (Lipinski definition) is 6. The molecule has 2 heterocycles. The first-order valence-electron chi connectivity index (χ1n) is 7.53. The molecule has 0 bridgehead atoms. The summed E-state index contributed by atoms with van der Waals surface area (Å²) in [5.41, 5.74) is 0.476. The Morgan fingerprint density at radius 2 is 1.96 bits per heavy atom. The van der Waals surface area contributed by atoms with E-state index in [9.17, 15) is 13.2 Å². The molecule has 1 aromatic heterocycles. The molecule has 1 saturated heterocycles. The fraction of sp³-hybridized carbons (Fsp3) is 0.600. The van der Waals surface area contributed by atoms with Crippen LogP contribution < -0.4 is 10.2 Å². The average Bonchev–Trinajstić information content (AvgIpc) is 2.45. The number of aromatic nitrogens is 1. The number of amides is 1. The van der Waals surface area contributed by atoms with Crippen LogP contribution in [0.3, 0.4) is 0 Å². The number of carbonyl (C=O) groups excluding carboxylic acids is 1. The minimum atomic E-state index is -3.41. The Bertz CT molecular complexity index is 650. The van der Waals surface area contributed by atoms with Crippen LogP contribution in [0.5, 0.6) is 0 Å². The zero-order valence-electron chi connectivity index (χ0n) is 13.8. The molecular formula is C15H23N3O4S. The molecule has 0 unspecified atom stereocenters. The van der Waals surface area contributed by atoms with E-state index < -0.39 is 21.0 Å². The van der Waals surface area contributed by atoms with E-state index in [1.807, 2.05) is 19.9 Å². The summed E-state index contributed by atoms with van der Waals surface area (Å²) in [5, 5.41) is 1.48. The maximum Gasteiger partial charge on any atom is 0.242 e. The van der Waals surface area contributed by atoms with Crippen molar-refractivity contribution in [2.24, 2.45) is 0 Å².